The number of rotatable bonds is 3. The Hall–Kier alpha value is -1.32. The van der Waals surface area contributed by atoms with Crippen molar-refractivity contribution in [3.05, 3.63) is 23.4 Å². The molecule has 2 heterocycles. The van der Waals surface area contributed by atoms with Crippen molar-refractivity contribution in [1.82, 2.24) is 15.0 Å². The monoisotopic (exact) mass is 339 g/mol. The van der Waals surface area contributed by atoms with E-state index in [-0.39, 0.29) is 11.6 Å². The highest BCUT2D eigenvalue weighted by atomic mass is 35.5. The highest BCUT2D eigenvalue weighted by Gasteiger charge is 2.40. The number of sulfonamides is 1. The lowest BCUT2D eigenvalue weighted by Crippen LogP contribution is -2.46. The minimum Gasteiger partial charge on any atom is -0.354 e. The molecule has 10 heteroatoms. The fourth-order valence-electron chi connectivity index (χ4n) is 1.85. The molecule has 0 radical (unpaired) electrons. The number of halogens is 3. The lowest BCUT2D eigenvalue weighted by atomic mass is 10.1. The van der Waals surface area contributed by atoms with Crippen LogP contribution in [0.3, 0.4) is 0 Å². The second-order valence-electron chi connectivity index (χ2n) is 4.59. The summed E-state index contributed by atoms with van der Waals surface area (Å²) in [5, 5.41) is 2.08. The lowest BCUT2D eigenvalue weighted by molar-refractivity contribution is -0.123. The van der Waals surface area contributed by atoms with Gasteiger partial charge in [0.1, 0.15) is 6.04 Å². The van der Waals surface area contributed by atoms with Gasteiger partial charge in [0.25, 0.3) is 15.9 Å². The quantitative estimate of drug-likeness (QED) is 0.857. The number of amides is 1. The average molecular weight is 340 g/mol. The van der Waals surface area contributed by atoms with E-state index >= 15 is 0 Å². The average Bonchev–Trinajstić information content (AvgIpc) is 2.48. The van der Waals surface area contributed by atoms with E-state index in [1.807, 2.05) is 4.72 Å². The van der Waals surface area contributed by atoms with Crippen LogP contribution in [-0.4, -0.2) is 37.8 Å². The van der Waals surface area contributed by atoms with E-state index < -0.39 is 45.8 Å². The van der Waals surface area contributed by atoms with Crippen molar-refractivity contribution in [1.29, 1.82) is 0 Å². The zero-order chi connectivity index (χ0) is 15.7. The summed E-state index contributed by atoms with van der Waals surface area (Å²) in [5.41, 5.74) is 0. The van der Waals surface area contributed by atoms with Gasteiger partial charge in [-0.25, -0.2) is 22.2 Å². The minimum atomic E-state index is -4.19. The van der Waals surface area contributed by atoms with Gasteiger partial charge in [-0.2, -0.15) is 4.72 Å². The van der Waals surface area contributed by atoms with Crippen molar-refractivity contribution in [2.24, 2.45) is 0 Å². The van der Waals surface area contributed by atoms with Crippen molar-refractivity contribution in [2.75, 3.05) is 6.54 Å². The summed E-state index contributed by atoms with van der Waals surface area (Å²) >= 11 is 5.59. The normalized spacial score (nSPS) is 22.4. The van der Waals surface area contributed by atoms with Crippen LogP contribution in [0.2, 0.25) is 5.02 Å². The van der Waals surface area contributed by atoms with Crippen LogP contribution >= 0.6 is 11.6 Å². The lowest BCUT2D eigenvalue weighted by Gasteiger charge is -2.18. The van der Waals surface area contributed by atoms with Crippen LogP contribution in [-0.2, 0) is 14.8 Å². The van der Waals surface area contributed by atoms with E-state index in [9.17, 15) is 22.0 Å². The molecule has 0 bridgehead atoms. The van der Waals surface area contributed by atoms with Gasteiger partial charge in [0, 0.05) is 25.6 Å². The number of hydrogen-bond acceptors (Lipinski definition) is 4. The first-order chi connectivity index (χ1) is 9.70. The molecule has 0 unspecified atom stereocenters. The fraction of sp³-hybridized carbons (Fsp3) is 0.455. The first kappa shape index (κ1) is 16.1. The maximum Gasteiger partial charge on any atom is 0.258 e. The number of carbonyl (C=O) groups is 1. The minimum absolute atomic E-state index is 0.205. The molecule has 0 saturated carbocycles. The Labute approximate surface area is 124 Å². The molecule has 1 aromatic heterocycles. The van der Waals surface area contributed by atoms with Crippen molar-refractivity contribution < 1.29 is 22.0 Å². The molecule has 2 rings (SSSR count). The predicted molar refractivity (Wildman–Crippen MR) is 70.5 cm³/mol. The SMILES string of the molecule is O=C1NCCC(F)(F)C[C@H]1NS(=O)(=O)c1ccc(Cl)cn1. The molecule has 1 aliphatic heterocycles. The van der Waals surface area contributed by atoms with Crippen LogP contribution in [0.5, 0.6) is 0 Å². The van der Waals surface area contributed by atoms with Gasteiger partial charge in [0.2, 0.25) is 5.91 Å². The maximum absolute atomic E-state index is 13.5. The number of carbonyl (C=O) groups excluding carboxylic acids is 1. The molecule has 6 nitrogen and oxygen atoms in total. The first-order valence-corrected chi connectivity index (χ1v) is 7.85. The van der Waals surface area contributed by atoms with Gasteiger partial charge in [0.15, 0.2) is 5.03 Å². The fourth-order valence-corrected chi connectivity index (χ4v) is 3.09. The molecule has 1 saturated heterocycles. The Bertz CT molecular complexity index is 637. The van der Waals surface area contributed by atoms with Crippen LogP contribution in [0.4, 0.5) is 8.78 Å². The Kier molecular flexibility index (Phi) is 4.45. The highest BCUT2D eigenvalue weighted by Crippen LogP contribution is 2.26. The van der Waals surface area contributed by atoms with Crippen molar-refractivity contribution in [2.45, 2.75) is 29.8 Å². The summed E-state index contributed by atoms with van der Waals surface area (Å²) in [6, 6.07) is 0.868. The Morgan fingerprint density at radius 2 is 2.14 bits per heavy atom. The van der Waals surface area contributed by atoms with Gasteiger partial charge in [-0.05, 0) is 12.1 Å². The van der Waals surface area contributed by atoms with Gasteiger partial charge in [-0.1, -0.05) is 11.6 Å². The topological polar surface area (TPSA) is 88.2 Å². The molecule has 0 aromatic carbocycles. The van der Waals surface area contributed by atoms with Gasteiger partial charge >= 0.3 is 0 Å². The van der Waals surface area contributed by atoms with Gasteiger partial charge in [0.05, 0.1) is 5.02 Å². The van der Waals surface area contributed by atoms with Crippen molar-refractivity contribution >= 4 is 27.5 Å². The standard InChI is InChI=1S/C11H12ClF2N3O3S/c12-7-1-2-9(16-6-7)21(19,20)17-8-5-11(13,14)3-4-15-10(8)18/h1-2,6,8,17H,3-5H2,(H,15,18)/t8-/m1/s1. The van der Waals surface area contributed by atoms with Crippen LogP contribution in [0.25, 0.3) is 0 Å². The molecule has 2 N–H and O–H groups in total. The third-order valence-electron chi connectivity index (χ3n) is 2.88. The van der Waals surface area contributed by atoms with Gasteiger partial charge < -0.3 is 5.32 Å². The second kappa shape index (κ2) is 5.82. The molecule has 1 atom stereocenters. The number of hydrogen-bond donors (Lipinski definition) is 2. The third-order valence-corrected chi connectivity index (χ3v) is 4.49. The van der Waals surface area contributed by atoms with E-state index in [1.54, 1.807) is 0 Å². The van der Waals surface area contributed by atoms with Crippen LogP contribution in [0.15, 0.2) is 23.4 Å². The molecular weight excluding hydrogens is 328 g/mol. The molecule has 1 amide bonds. The molecule has 0 spiro atoms. The summed E-state index contributed by atoms with van der Waals surface area (Å²) in [4.78, 5) is 15.3. The third kappa shape index (κ3) is 4.08. The van der Waals surface area contributed by atoms with Crippen molar-refractivity contribution in [3.8, 4) is 0 Å². The number of nitrogens with one attached hydrogen (secondary N) is 2. The van der Waals surface area contributed by atoms with Crippen LogP contribution in [0, 0.1) is 0 Å². The molecule has 21 heavy (non-hydrogen) atoms. The van der Waals surface area contributed by atoms with Crippen LogP contribution in [0.1, 0.15) is 12.8 Å². The summed E-state index contributed by atoms with van der Waals surface area (Å²) < 4.78 is 52.9. The van der Waals surface area contributed by atoms with E-state index in [0.29, 0.717) is 0 Å². The smallest absolute Gasteiger partial charge is 0.258 e. The zero-order valence-corrected chi connectivity index (χ0v) is 12.2. The highest BCUT2D eigenvalue weighted by molar-refractivity contribution is 7.89. The summed E-state index contributed by atoms with van der Waals surface area (Å²) in [6.07, 6.45) is -0.320. The number of aromatic nitrogens is 1. The Morgan fingerprint density at radius 1 is 1.43 bits per heavy atom. The maximum atomic E-state index is 13.5. The molecule has 0 aliphatic carbocycles. The van der Waals surface area contributed by atoms with Gasteiger partial charge in [-0.3, -0.25) is 4.79 Å². The predicted octanol–water partition coefficient (Wildman–Crippen LogP) is 0.927. The summed E-state index contributed by atoms with van der Waals surface area (Å²) in [6.45, 7) is -0.205. The summed E-state index contributed by atoms with van der Waals surface area (Å²) in [5.74, 6) is -3.91. The molecular formula is C11H12ClF2N3O3S. The Morgan fingerprint density at radius 3 is 2.76 bits per heavy atom. The van der Waals surface area contributed by atoms with E-state index in [0.717, 1.165) is 12.3 Å². The first-order valence-electron chi connectivity index (χ1n) is 5.99. The van der Waals surface area contributed by atoms with E-state index in [4.69, 9.17) is 11.6 Å². The zero-order valence-electron chi connectivity index (χ0n) is 10.6. The van der Waals surface area contributed by atoms with Gasteiger partial charge in [-0.15, -0.1) is 0 Å². The van der Waals surface area contributed by atoms with Crippen molar-refractivity contribution in [3.63, 3.8) is 0 Å². The second-order valence-corrected chi connectivity index (χ2v) is 6.69. The Balaban J connectivity index is 2.22. The van der Waals surface area contributed by atoms with E-state index in [2.05, 4.69) is 10.3 Å². The number of nitrogens with zero attached hydrogens (tertiary/aromatic N) is 1. The molecule has 1 fully saturated rings. The number of pyridine rings is 1. The molecule has 116 valence electrons. The van der Waals surface area contributed by atoms with E-state index in [1.165, 1.54) is 6.07 Å². The summed E-state index contributed by atoms with van der Waals surface area (Å²) in [7, 11) is -4.19. The molecule has 1 aromatic rings. The number of alkyl halides is 2. The van der Waals surface area contributed by atoms with Crippen LogP contribution < -0.4 is 10.0 Å². The largest absolute Gasteiger partial charge is 0.354 e. The molecule has 1 aliphatic rings.